The lowest BCUT2D eigenvalue weighted by Crippen LogP contribution is -2.44. The van der Waals surface area contributed by atoms with Gasteiger partial charge in [-0.05, 0) is 24.6 Å². The average molecular weight is 287 g/mol. The molecular formula is C15H21N5O. The Kier molecular flexibility index (Phi) is 3.90. The smallest absolute Gasteiger partial charge is 0.147 e. The third-order valence-electron chi connectivity index (χ3n) is 4.26. The number of benzene rings is 1. The summed E-state index contributed by atoms with van der Waals surface area (Å²) in [5, 5.41) is 8.12. The molecule has 0 bridgehead atoms. The molecule has 2 aromatic rings. The van der Waals surface area contributed by atoms with Crippen LogP contribution in [-0.2, 0) is 13.1 Å². The molecule has 6 heteroatoms. The molecule has 112 valence electrons. The largest absolute Gasteiger partial charge is 0.497 e. The van der Waals surface area contributed by atoms with E-state index >= 15 is 0 Å². The quantitative estimate of drug-likeness (QED) is 0.915. The summed E-state index contributed by atoms with van der Waals surface area (Å²) < 4.78 is 7.29. The molecule has 1 aromatic carbocycles. The van der Waals surface area contributed by atoms with E-state index in [2.05, 4.69) is 26.6 Å². The lowest BCUT2D eigenvalue weighted by atomic mass is 9.99. The van der Waals surface area contributed by atoms with Gasteiger partial charge in [-0.3, -0.25) is 4.90 Å². The van der Waals surface area contributed by atoms with E-state index in [1.54, 1.807) is 13.4 Å². The van der Waals surface area contributed by atoms with E-state index in [0.29, 0.717) is 0 Å². The highest BCUT2D eigenvalue weighted by molar-refractivity contribution is 5.29. The van der Waals surface area contributed by atoms with Crippen LogP contribution in [0.3, 0.4) is 0 Å². The molecule has 6 nitrogen and oxygen atoms in total. The van der Waals surface area contributed by atoms with Crippen LogP contribution < -0.4 is 10.5 Å². The van der Waals surface area contributed by atoms with Gasteiger partial charge in [0.1, 0.15) is 17.9 Å². The number of nitrogens with two attached hydrogens (primary N) is 1. The number of hydrogen-bond acceptors (Lipinski definition) is 5. The maximum absolute atomic E-state index is 6.43. The summed E-state index contributed by atoms with van der Waals surface area (Å²) in [4.78, 5) is 2.36. The van der Waals surface area contributed by atoms with Crippen molar-refractivity contribution in [3.05, 3.63) is 42.0 Å². The van der Waals surface area contributed by atoms with Gasteiger partial charge in [0.05, 0.1) is 13.7 Å². The molecule has 2 atom stereocenters. The van der Waals surface area contributed by atoms with Crippen LogP contribution in [0.5, 0.6) is 5.75 Å². The fourth-order valence-corrected chi connectivity index (χ4v) is 2.76. The third-order valence-corrected chi connectivity index (χ3v) is 4.26. The lowest BCUT2D eigenvalue weighted by molar-refractivity contribution is 0.143. The second kappa shape index (κ2) is 5.83. The van der Waals surface area contributed by atoms with Crippen molar-refractivity contribution >= 4 is 0 Å². The molecule has 0 amide bonds. The molecule has 1 aliphatic heterocycles. The number of fused-ring (bicyclic) bond motifs is 1. The summed E-state index contributed by atoms with van der Waals surface area (Å²) in [5.74, 6) is 1.86. The second-order valence-electron chi connectivity index (χ2n) is 5.45. The molecule has 3 rings (SSSR count). The highest BCUT2D eigenvalue weighted by Crippen LogP contribution is 2.23. The van der Waals surface area contributed by atoms with Gasteiger partial charge in [0, 0.05) is 25.2 Å². The Morgan fingerprint density at radius 3 is 2.71 bits per heavy atom. The normalized spacial score (nSPS) is 18.0. The fourth-order valence-electron chi connectivity index (χ4n) is 2.76. The Hall–Kier alpha value is -1.92. The zero-order chi connectivity index (χ0) is 14.8. The molecule has 0 fully saturated rings. The van der Waals surface area contributed by atoms with E-state index in [0.717, 1.165) is 36.8 Å². The first-order chi connectivity index (χ1) is 10.2. The van der Waals surface area contributed by atoms with E-state index in [9.17, 15) is 0 Å². The van der Waals surface area contributed by atoms with Gasteiger partial charge in [-0.25, -0.2) is 0 Å². The first kappa shape index (κ1) is 14.0. The Labute approximate surface area is 124 Å². The standard InChI is InChI=1S/C15H21N5O/c1-11(15(16)12-3-5-13(21-2)6-4-12)19-7-8-20-10-17-18-14(20)9-19/h3-6,10-11,15H,7-9,16H2,1-2H3. The predicted molar refractivity (Wildman–Crippen MR) is 79.8 cm³/mol. The van der Waals surface area contributed by atoms with Crippen molar-refractivity contribution in [2.45, 2.75) is 32.1 Å². The van der Waals surface area contributed by atoms with E-state index in [1.165, 1.54) is 0 Å². The molecule has 0 saturated carbocycles. The zero-order valence-electron chi connectivity index (χ0n) is 12.4. The minimum atomic E-state index is -0.0367. The molecule has 2 unspecified atom stereocenters. The van der Waals surface area contributed by atoms with Crippen LogP contribution >= 0.6 is 0 Å². The Bertz CT molecular complexity index is 594. The van der Waals surface area contributed by atoms with E-state index in [-0.39, 0.29) is 12.1 Å². The van der Waals surface area contributed by atoms with Crippen molar-refractivity contribution < 1.29 is 4.74 Å². The van der Waals surface area contributed by atoms with E-state index in [1.807, 2.05) is 24.3 Å². The van der Waals surface area contributed by atoms with Crippen molar-refractivity contribution in [2.24, 2.45) is 5.73 Å². The molecular weight excluding hydrogens is 266 g/mol. The van der Waals surface area contributed by atoms with Gasteiger partial charge in [-0.1, -0.05) is 12.1 Å². The molecule has 2 N–H and O–H groups in total. The summed E-state index contributed by atoms with van der Waals surface area (Å²) >= 11 is 0. The molecule has 0 spiro atoms. The minimum absolute atomic E-state index is 0.0367. The van der Waals surface area contributed by atoms with Crippen LogP contribution in [0.25, 0.3) is 0 Å². The van der Waals surface area contributed by atoms with Crippen LogP contribution in [0.2, 0.25) is 0 Å². The molecule has 0 aliphatic carbocycles. The summed E-state index contributed by atoms with van der Waals surface area (Å²) in [6.07, 6.45) is 1.79. The Balaban J connectivity index is 1.71. The maximum Gasteiger partial charge on any atom is 0.147 e. The molecule has 1 aromatic heterocycles. The van der Waals surface area contributed by atoms with Crippen LogP contribution in [0.1, 0.15) is 24.4 Å². The van der Waals surface area contributed by atoms with Crippen LogP contribution in [-0.4, -0.2) is 39.4 Å². The highest BCUT2D eigenvalue weighted by Gasteiger charge is 2.26. The van der Waals surface area contributed by atoms with Gasteiger partial charge >= 0.3 is 0 Å². The van der Waals surface area contributed by atoms with Gasteiger partial charge in [-0.2, -0.15) is 0 Å². The SMILES string of the molecule is COc1ccc(C(N)C(C)N2CCn3cnnc3C2)cc1. The first-order valence-electron chi connectivity index (χ1n) is 7.19. The Morgan fingerprint density at radius 1 is 1.24 bits per heavy atom. The molecule has 21 heavy (non-hydrogen) atoms. The molecule has 0 saturated heterocycles. The van der Waals surface area contributed by atoms with Gasteiger partial charge in [0.15, 0.2) is 0 Å². The average Bonchev–Trinajstić information content (AvgIpc) is 3.01. The van der Waals surface area contributed by atoms with Crippen molar-refractivity contribution in [1.82, 2.24) is 19.7 Å². The predicted octanol–water partition coefficient (Wildman–Crippen LogP) is 1.19. The van der Waals surface area contributed by atoms with Gasteiger partial charge in [0.25, 0.3) is 0 Å². The second-order valence-corrected chi connectivity index (χ2v) is 5.45. The zero-order valence-corrected chi connectivity index (χ0v) is 12.4. The van der Waals surface area contributed by atoms with Gasteiger partial charge in [0.2, 0.25) is 0 Å². The van der Waals surface area contributed by atoms with Crippen molar-refractivity contribution in [3.8, 4) is 5.75 Å². The van der Waals surface area contributed by atoms with Gasteiger partial charge in [-0.15, -0.1) is 10.2 Å². The number of methoxy groups -OCH3 is 1. The van der Waals surface area contributed by atoms with Crippen molar-refractivity contribution in [3.63, 3.8) is 0 Å². The topological polar surface area (TPSA) is 69.2 Å². The lowest BCUT2D eigenvalue weighted by Gasteiger charge is -2.35. The number of ether oxygens (including phenoxy) is 1. The summed E-state index contributed by atoms with van der Waals surface area (Å²) in [7, 11) is 1.67. The van der Waals surface area contributed by atoms with E-state index in [4.69, 9.17) is 10.5 Å². The number of nitrogens with zero attached hydrogens (tertiary/aromatic N) is 4. The Morgan fingerprint density at radius 2 is 2.00 bits per heavy atom. The fraction of sp³-hybridized carbons (Fsp3) is 0.467. The monoisotopic (exact) mass is 287 g/mol. The third kappa shape index (κ3) is 2.77. The molecule has 2 heterocycles. The van der Waals surface area contributed by atoms with Crippen LogP contribution in [0, 0.1) is 0 Å². The molecule has 1 aliphatic rings. The maximum atomic E-state index is 6.43. The molecule has 0 radical (unpaired) electrons. The van der Waals surface area contributed by atoms with E-state index < -0.39 is 0 Å². The summed E-state index contributed by atoms with van der Waals surface area (Å²) in [6, 6.07) is 8.18. The van der Waals surface area contributed by atoms with Crippen LogP contribution in [0.4, 0.5) is 0 Å². The van der Waals surface area contributed by atoms with Crippen molar-refractivity contribution in [1.29, 1.82) is 0 Å². The number of hydrogen-bond donors (Lipinski definition) is 1. The highest BCUT2D eigenvalue weighted by atomic mass is 16.5. The summed E-state index contributed by atoms with van der Waals surface area (Å²) in [5.41, 5.74) is 7.55. The number of rotatable bonds is 4. The van der Waals surface area contributed by atoms with Gasteiger partial charge < -0.3 is 15.0 Å². The minimum Gasteiger partial charge on any atom is -0.497 e. The summed E-state index contributed by atoms with van der Waals surface area (Å²) in [6.45, 7) is 4.85. The first-order valence-corrected chi connectivity index (χ1v) is 7.19. The van der Waals surface area contributed by atoms with Crippen LogP contribution in [0.15, 0.2) is 30.6 Å². The number of aromatic nitrogens is 3. The van der Waals surface area contributed by atoms with Crippen molar-refractivity contribution in [2.75, 3.05) is 13.7 Å².